The molecule has 0 aromatic heterocycles. The van der Waals surface area contributed by atoms with E-state index in [9.17, 15) is 9.59 Å². The first-order valence-electron chi connectivity index (χ1n) is 8.41. The molecule has 2 rings (SSSR count). The Morgan fingerprint density at radius 3 is 2.42 bits per heavy atom. The maximum atomic E-state index is 12.5. The number of para-hydroxylation sites is 1. The molecular weight excluding hydrogens is 352 g/mol. The lowest BCUT2D eigenvalue weighted by molar-refractivity contribution is -0.122. The molecule has 1 atom stereocenters. The van der Waals surface area contributed by atoms with Crippen molar-refractivity contribution >= 4 is 29.1 Å². The Morgan fingerprint density at radius 2 is 1.77 bits per heavy atom. The van der Waals surface area contributed by atoms with Gasteiger partial charge in [-0.15, -0.1) is 0 Å². The fraction of sp³-hybridized carbons (Fsp3) is 0.300. The molecule has 0 unspecified atom stereocenters. The van der Waals surface area contributed by atoms with Crippen LogP contribution in [-0.2, 0) is 4.79 Å². The van der Waals surface area contributed by atoms with Crippen molar-refractivity contribution in [2.24, 2.45) is 0 Å². The zero-order valence-corrected chi connectivity index (χ0v) is 16.1. The number of nitrogens with one attached hydrogen (secondary N) is 2. The van der Waals surface area contributed by atoms with E-state index < -0.39 is 6.10 Å². The smallest absolute Gasteiger partial charge is 0.265 e. The second-order valence-electron chi connectivity index (χ2n) is 6.33. The van der Waals surface area contributed by atoms with Gasteiger partial charge in [-0.05, 0) is 63.6 Å². The summed E-state index contributed by atoms with van der Waals surface area (Å²) in [6, 6.07) is 12.1. The van der Waals surface area contributed by atoms with E-state index in [-0.39, 0.29) is 17.9 Å². The second-order valence-corrected chi connectivity index (χ2v) is 6.74. The average Bonchev–Trinajstić information content (AvgIpc) is 2.58. The van der Waals surface area contributed by atoms with Gasteiger partial charge in [0.25, 0.3) is 11.8 Å². The van der Waals surface area contributed by atoms with Gasteiger partial charge in [0.05, 0.1) is 11.3 Å². The van der Waals surface area contributed by atoms with E-state index in [0.717, 1.165) is 5.56 Å². The molecule has 2 N–H and O–H groups in total. The third-order valence-corrected chi connectivity index (χ3v) is 4.08. The SMILES string of the molecule is Cc1cc(O[C@@H](C)C(=O)Nc2ccccc2C(=O)NC(C)C)ccc1Cl. The standard InChI is InChI=1S/C20H23ClN2O3/c1-12(2)22-20(25)16-7-5-6-8-18(16)23-19(24)14(4)26-15-9-10-17(21)13(3)11-15/h5-12,14H,1-4H3,(H,22,25)(H,23,24)/t14-/m0/s1. The van der Waals surface area contributed by atoms with Crippen molar-refractivity contribution in [2.45, 2.75) is 39.8 Å². The Hall–Kier alpha value is -2.53. The number of aryl methyl sites for hydroxylation is 1. The average molecular weight is 375 g/mol. The van der Waals surface area contributed by atoms with Crippen LogP contribution in [0.1, 0.15) is 36.7 Å². The molecule has 138 valence electrons. The van der Waals surface area contributed by atoms with Gasteiger partial charge in [0.1, 0.15) is 5.75 Å². The summed E-state index contributed by atoms with van der Waals surface area (Å²) in [6.07, 6.45) is -0.739. The molecule has 0 aliphatic rings. The van der Waals surface area contributed by atoms with Crippen LogP contribution < -0.4 is 15.4 Å². The van der Waals surface area contributed by atoms with Crippen molar-refractivity contribution in [3.63, 3.8) is 0 Å². The molecule has 6 heteroatoms. The molecule has 2 amide bonds. The maximum absolute atomic E-state index is 12.5. The van der Waals surface area contributed by atoms with E-state index in [1.807, 2.05) is 20.8 Å². The summed E-state index contributed by atoms with van der Waals surface area (Å²) in [6.45, 7) is 7.27. The van der Waals surface area contributed by atoms with Gasteiger partial charge < -0.3 is 15.4 Å². The van der Waals surface area contributed by atoms with Gasteiger partial charge in [0.15, 0.2) is 6.10 Å². The predicted molar refractivity (Wildman–Crippen MR) is 104 cm³/mol. The topological polar surface area (TPSA) is 67.4 Å². The first-order valence-corrected chi connectivity index (χ1v) is 8.79. The summed E-state index contributed by atoms with van der Waals surface area (Å²) in [5, 5.41) is 6.22. The van der Waals surface area contributed by atoms with Crippen LogP contribution >= 0.6 is 11.6 Å². The number of hydrogen-bond acceptors (Lipinski definition) is 3. The van der Waals surface area contributed by atoms with Crippen LogP contribution in [0.25, 0.3) is 0 Å². The molecular formula is C20H23ClN2O3. The Morgan fingerprint density at radius 1 is 1.08 bits per heavy atom. The third kappa shape index (κ3) is 5.23. The van der Waals surface area contributed by atoms with Gasteiger partial charge >= 0.3 is 0 Å². The first kappa shape index (κ1) is 19.8. The number of ether oxygens (including phenoxy) is 1. The van der Waals surface area contributed by atoms with Crippen LogP contribution in [0.3, 0.4) is 0 Å². The third-order valence-electron chi connectivity index (χ3n) is 3.66. The van der Waals surface area contributed by atoms with Crippen molar-refractivity contribution < 1.29 is 14.3 Å². The lowest BCUT2D eigenvalue weighted by Gasteiger charge is -2.17. The van der Waals surface area contributed by atoms with Gasteiger partial charge in [-0.25, -0.2) is 0 Å². The number of halogens is 1. The lowest BCUT2D eigenvalue weighted by atomic mass is 10.1. The Kier molecular flexibility index (Phi) is 6.64. The summed E-state index contributed by atoms with van der Waals surface area (Å²) in [4.78, 5) is 24.8. The fourth-order valence-electron chi connectivity index (χ4n) is 2.31. The van der Waals surface area contributed by atoms with Crippen molar-refractivity contribution in [1.82, 2.24) is 5.32 Å². The summed E-state index contributed by atoms with van der Waals surface area (Å²) >= 11 is 6.00. The Labute approximate surface area is 158 Å². The number of carbonyl (C=O) groups is 2. The molecule has 0 spiro atoms. The van der Waals surface area contributed by atoms with E-state index in [0.29, 0.717) is 22.0 Å². The highest BCUT2D eigenvalue weighted by Gasteiger charge is 2.19. The number of anilines is 1. The summed E-state index contributed by atoms with van der Waals surface area (Å²) in [5.74, 6) is -0.0272. The van der Waals surface area contributed by atoms with Gasteiger partial charge in [0.2, 0.25) is 0 Å². The van der Waals surface area contributed by atoms with E-state index in [1.54, 1.807) is 49.4 Å². The van der Waals surface area contributed by atoms with Gasteiger partial charge in [-0.3, -0.25) is 9.59 Å². The summed E-state index contributed by atoms with van der Waals surface area (Å²) in [5.41, 5.74) is 1.72. The fourth-order valence-corrected chi connectivity index (χ4v) is 2.43. The molecule has 26 heavy (non-hydrogen) atoms. The number of carbonyl (C=O) groups excluding carboxylic acids is 2. The number of rotatable bonds is 6. The maximum Gasteiger partial charge on any atom is 0.265 e. The van der Waals surface area contributed by atoms with Crippen molar-refractivity contribution in [3.05, 3.63) is 58.6 Å². The largest absolute Gasteiger partial charge is 0.481 e. The van der Waals surface area contributed by atoms with Gasteiger partial charge in [-0.1, -0.05) is 23.7 Å². The van der Waals surface area contributed by atoms with Crippen LogP contribution in [0.2, 0.25) is 5.02 Å². The van der Waals surface area contributed by atoms with Crippen molar-refractivity contribution in [2.75, 3.05) is 5.32 Å². The van der Waals surface area contributed by atoms with Crippen LogP contribution in [0.15, 0.2) is 42.5 Å². The quantitative estimate of drug-likeness (QED) is 0.796. The van der Waals surface area contributed by atoms with E-state index >= 15 is 0 Å². The van der Waals surface area contributed by atoms with Crippen LogP contribution in [-0.4, -0.2) is 24.0 Å². The Bertz CT molecular complexity index is 805. The number of amides is 2. The van der Waals surface area contributed by atoms with Gasteiger partial charge in [-0.2, -0.15) is 0 Å². The molecule has 0 saturated heterocycles. The van der Waals surface area contributed by atoms with Gasteiger partial charge in [0, 0.05) is 11.1 Å². The molecule has 0 saturated carbocycles. The summed E-state index contributed by atoms with van der Waals surface area (Å²) in [7, 11) is 0. The number of benzene rings is 2. The highest BCUT2D eigenvalue weighted by atomic mass is 35.5. The Balaban J connectivity index is 2.09. The first-order chi connectivity index (χ1) is 12.3. The minimum absolute atomic E-state index is 0.00154. The molecule has 0 heterocycles. The monoisotopic (exact) mass is 374 g/mol. The van der Waals surface area contributed by atoms with Crippen LogP contribution in [0.5, 0.6) is 5.75 Å². The minimum atomic E-state index is -0.739. The molecule has 2 aromatic carbocycles. The molecule has 0 aliphatic carbocycles. The second kappa shape index (κ2) is 8.72. The van der Waals surface area contributed by atoms with E-state index in [1.165, 1.54) is 0 Å². The zero-order valence-electron chi connectivity index (χ0n) is 15.3. The molecule has 2 aromatic rings. The molecule has 0 radical (unpaired) electrons. The van der Waals surface area contributed by atoms with E-state index in [4.69, 9.17) is 16.3 Å². The molecule has 5 nitrogen and oxygen atoms in total. The summed E-state index contributed by atoms with van der Waals surface area (Å²) < 4.78 is 5.68. The molecule has 0 bridgehead atoms. The normalized spacial score (nSPS) is 11.8. The van der Waals surface area contributed by atoms with Crippen molar-refractivity contribution in [1.29, 1.82) is 0 Å². The predicted octanol–water partition coefficient (Wildman–Crippen LogP) is 4.19. The molecule has 0 aliphatic heterocycles. The highest BCUT2D eigenvalue weighted by molar-refractivity contribution is 6.31. The minimum Gasteiger partial charge on any atom is -0.481 e. The highest BCUT2D eigenvalue weighted by Crippen LogP contribution is 2.22. The van der Waals surface area contributed by atoms with E-state index in [2.05, 4.69) is 10.6 Å². The lowest BCUT2D eigenvalue weighted by Crippen LogP contribution is -2.33. The number of hydrogen-bond donors (Lipinski definition) is 2. The molecule has 0 fully saturated rings. The van der Waals surface area contributed by atoms with Crippen LogP contribution in [0, 0.1) is 6.92 Å². The van der Waals surface area contributed by atoms with Crippen molar-refractivity contribution in [3.8, 4) is 5.75 Å². The van der Waals surface area contributed by atoms with Crippen LogP contribution in [0.4, 0.5) is 5.69 Å². The zero-order chi connectivity index (χ0) is 19.3.